The lowest BCUT2D eigenvalue weighted by atomic mass is 10.0. The maximum atomic E-state index is 11.7. The topological polar surface area (TPSA) is 139 Å². The number of aromatic amines is 1. The minimum Gasteiger partial charge on any atom is -0.394 e. The Hall–Kier alpha value is -1.97. The van der Waals surface area contributed by atoms with Gasteiger partial charge >= 0.3 is 0 Å². The Morgan fingerprint density at radius 3 is 3.00 bits per heavy atom. The van der Waals surface area contributed by atoms with Crippen LogP contribution in [0.5, 0.6) is 0 Å². The average Bonchev–Trinajstić information content (AvgIpc) is 2.93. The van der Waals surface area contributed by atoms with Gasteiger partial charge in [0.2, 0.25) is 5.95 Å². The summed E-state index contributed by atoms with van der Waals surface area (Å²) in [6, 6.07) is 0. The predicted molar refractivity (Wildman–Crippen MR) is 68.7 cm³/mol. The predicted octanol–water partition coefficient (Wildman–Crippen LogP) is -1.41. The number of hydrogen-bond acceptors (Lipinski definition) is 7. The van der Waals surface area contributed by atoms with Crippen LogP contribution in [0.15, 0.2) is 11.1 Å². The van der Waals surface area contributed by atoms with Crippen molar-refractivity contribution >= 4 is 17.1 Å². The van der Waals surface area contributed by atoms with Crippen molar-refractivity contribution in [2.45, 2.75) is 25.4 Å². The van der Waals surface area contributed by atoms with Crippen LogP contribution < -0.4 is 11.3 Å². The highest BCUT2D eigenvalue weighted by Crippen LogP contribution is 2.35. The number of aromatic nitrogens is 4. The van der Waals surface area contributed by atoms with Crippen molar-refractivity contribution in [2.75, 3.05) is 12.3 Å². The molecule has 3 heterocycles. The van der Waals surface area contributed by atoms with E-state index in [1.807, 2.05) is 0 Å². The van der Waals surface area contributed by atoms with Gasteiger partial charge in [0.25, 0.3) is 5.56 Å². The number of aliphatic hydroxyl groups excluding tert-OH is 2. The van der Waals surface area contributed by atoms with E-state index < -0.39 is 24.0 Å². The summed E-state index contributed by atoms with van der Waals surface area (Å²) in [5.74, 6) is -0.305. The van der Waals surface area contributed by atoms with Crippen LogP contribution in [-0.4, -0.2) is 48.5 Å². The smallest absolute Gasteiger partial charge is 0.280 e. The van der Waals surface area contributed by atoms with E-state index >= 15 is 0 Å². The molecule has 1 aliphatic rings. The molecule has 5 N–H and O–H groups in total. The molecule has 1 saturated heterocycles. The van der Waals surface area contributed by atoms with Crippen molar-refractivity contribution in [3.63, 3.8) is 0 Å². The minimum absolute atomic E-state index is 0.0193. The summed E-state index contributed by atoms with van der Waals surface area (Å²) in [6.07, 6.45) is -0.630. The fourth-order valence-electron chi connectivity index (χ4n) is 2.49. The van der Waals surface area contributed by atoms with Gasteiger partial charge in [-0.1, -0.05) is 6.92 Å². The van der Waals surface area contributed by atoms with Crippen LogP contribution in [0.4, 0.5) is 5.95 Å². The number of imidazole rings is 1. The van der Waals surface area contributed by atoms with Crippen LogP contribution in [0.1, 0.15) is 13.2 Å². The molecule has 9 nitrogen and oxygen atoms in total. The Morgan fingerprint density at radius 2 is 2.35 bits per heavy atom. The zero-order valence-electron chi connectivity index (χ0n) is 10.7. The molecule has 0 aromatic carbocycles. The van der Waals surface area contributed by atoms with Gasteiger partial charge in [-0.05, 0) is 0 Å². The standard InChI is InChI=1S/C11H15N5O4/c1-4-7(18)5(2-17)20-10(4)16-3-13-6-8(16)14-11(12)15-9(6)19/h3-5,7,10,17-18H,2H2,1H3,(H3,12,14,15,19)/t4-,5-,7+,10-/m1/s1. The fourth-order valence-corrected chi connectivity index (χ4v) is 2.49. The Balaban J connectivity index is 2.09. The van der Waals surface area contributed by atoms with Gasteiger partial charge < -0.3 is 20.7 Å². The molecule has 4 atom stereocenters. The van der Waals surface area contributed by atoms with Gasteiger partial charge in [-0.2, -0.15) is 4.98 Å². The second-order valence-electron chi connectivity index (χ2n) is 4.87. The molecule has 0 amide bonds. The van der Waals surface area contributed by atoms with Crippen LogP contribution in [0.25, 0.3) is 11.2 Å². The lowest BCUT2D eigenvalue weighted by molar-refractivity contribution is -0.0447. The highest BCUT2D eigenvalue weighted by molar-refractivity contribution is 5.70. The third kappa shape index (κ3) is 1.79. The van der Waals surface area contributed by atoms with E-state index in [1.54, 1.807) is 11.5 Å². The van der Waals surface area contributed by atoms with Gasteiger partial charge in [-0.25, -0.2) is 4.98 Å². The van der Waals surface area contributed by atoms with E-state index in [4.69, 9.17) is 10.5 Å². The number of nitrogens with one attached hydrogen (secondary N) is 1. The quantitative estimate of drug-likeness (QED) is 0.530. The highest BCUT2D eigenvalue weighted by atomic mass is 16.5. The van der Waals surface area contributed by atoms with Crippen molar-refractivity contribution in [1.82, 2.24) is 19.5 Å². The average molecular weight is 281 g/mol. The molecule has 2 aromatic heterocycles. The van der Waals surface area contributed by atoms with E-state index in [0.717, 1.165) is 0 Å². The fraction of sp³-hybridized carbons (Fsp3) is 0.545. The number of H-pyrrole nitrogens is 1. The first-order valence-electron chi connectivity index (χ1n) is 6.19. The molecule has 2 aromatic rings. The van der Waals surface area contributed by atoms with Crippen molar-refractivity contribution in [3.8, 4) is 0 Å². The summed E-state index contributed by atoms with van der Waals surface area (Å²) in [7, 11) is 0. The van der Waals surface area contributed by atoms with Crippen LogP contribution >= 0.6 is 0 Å². The van der Waals surface area contributed by atoms with Crippen molar-refractivity contribution < 1.29 is 14.9 Å². The van der Waals surface area contributed by atoms with Gasteiger partial charge in [0.1, 0.15) is 12.3 Å². The molecule has 3 rings (SSSR count). The molecule has 0 saturated carbocycles. The number of nitrogen functional groups attached to an aromatic ring is 1. The van der Waals surface area contributed by atoms with Gasteiger partial charge in [-0.15, -0.1) is 0 Å². The number of anilines is 1. The SMILES string of the molecule is C[C@@H]1[C@H](O)[C@@H](CO)O[C@H]1n1cnc2c(=O)[nH]c(N)nc21. The molecule has 0 radical (unpaired) electrons. The minimum atomic E-state index is -0.804. The summed E-state index contributed by atoms with van der Waals surface area (Å²) in [5.41, 5.74) is 5.53. The Kier molecular flexibility index (Phi) is 2.96. The summed E-state index contributed by atoms with van der Waals surface area (Å²) in [5, 5.41) is 19.1. The molecular weight excluding hydrogens is 266 g/mol. The first-order valence-corrected chi connectivity index (χ1v) is 6.19. The first-order chi connectivity index (χ1) is 9.52. The van der Waals surface area contributed by atoms with E-state index in [-0.39, 0.29) is 29.6 Å². The summed E-state index contributed by atoms with van der Waals surface area (Å²) in [6.45, 7) is 1.50. The summed E-state index contributed by atoms with van der Waals surface area (Å²) < 4.78 is 7.14. The number of nitrogens with two attached hydrogens (primary N) is 1. The van der Waals surface area contributed by atoms with Gasteiger partial charge in [0, 0.05) is 5.92 Å². The molecular formula is C11H15N5O4. The van der Waals surface area contributed by atoms with Crippen molar-refractivity contribution in [1.29, 1.82) is 0 Å². The second-order valence-corrected chi connectivity index (χ2v) is 4.87. The van der Waals surface area contributed by atoms with E-state index in [1.165, 1.54) is 6.33 Å². The van der Waals surface area contributed by atoms with Crippen LogP contribution in [-0.2, 0) is 4.74 Å². The Labute approximate surface area is 113 Å². The number of rotatable bonds is 2. The van der Waals surface area contributed by atoms with Crippen molar-refractivity contribution in [2.24, 2.45) is 5.92 Å². The normalized spacial score (nSPS) is 30.1. The van der Waals surface area contributed by atoms with Crippen LogP contribution in [0.2, 0.25) is 0 Å². The molecule has 0 unspecified atom stereocenters. The maximum Gasteiger partial charge on any atom is 0.280 e. The lowest BCUT2D eigenvalue weighted by Crippen LogP contribution is -2.28. The van der Waals surface area contributed by atoms with E-state index in [0.29, 0.717) is 0 Å². The third-order valence-electron chi connectivity index (χ3n) is 3.59. The molecule has 0 spiro atoms. The van der Waals surface area contributed by atoms with E-state index in [2.05, 4.69) is 15.0 Å². The Bertz CT molecular complexity index is 696. The first kappa shape index (κ1) is 13.0. The van der Waals surface area contributed by atoms with Crippen LogP contribution in [0, 0.1) is 5.92 Å². The number of fused-ring (bicyclic) bond motifs is 1. The molecule has 0 bridgehead atoms. The largest absolute Gasteiger partial charge is 0.394 e. The van der Waals surface area contributed by atoms with Gasteiger partial charge in [-0.3, -0.25) is 14.3 Å². The molecule has 20 heavy (non-hydrogen) atoms. The maximum absolute atomic E-state index is 11.7. The van der Waals surface area contributed by atoms with Crippen molar-refractivity contribution in [3.05, 3.63) is 16.7 Å². The molecule has 108 valence electrons. The third-order valence-corrected chi connectivity index (χ3v) is 3.59. The summed E-state index contributed by atoms with van der Waals surface area (Å²) in [4.78, 5) is 22.1. The highest BCUT2D eigenvalue weighted by Gasteiger charge is 2.42. The number of ether oxygens (including phenoxy) is 1. The monoisotopic (exact) mass is 281 g/mol. The number of aliphatic hydroxyl groups is 2. The summed E-state index contributed by atoms with van der Waals surface area (Å²) >= 11 is 0. The zero-order chi connectivity index (χ0) is 14.4. The van der Waals surface area contributed by atoms with Gasteiger partial charge in [0.05, 0.1) is 19.0 Å². The molecule has 9 heteroatoms. The molecule has 1 aliphatic heterocycles. The molecule has 1 fully saturated rings. The number of nitrogens with zero attached hydrogens (tertiary/aromatic N) is 3. The number of hydrogen-bond donors (Lipinski definition) is 4. The Morgan fingerprint density at radius 1 is 1.60 bits per heavy atom. The van der Waals surface area contributed by atoms with E-state index in [9.17, 15) is 15.0 Å². The molecule has 0 aliphatic carbocycles. The van der Waals surface area contributed by atoms with Gasteiger partial charge in [0.15, 0.2) is 11.2 Å². The lowest BCUT2D eigenvalue weighted by Gasteiger charge is -2.17. The second kappa shape index (κ2) is 4.54. The zero-order valence-corrected chi connectivity index (χ0v) is 10.7. The van der Waals surface area contributed by atoms with Crippen LogP contribution in [0.3, 0.4) is 0 Å².